The highest BCUT2D eigenvalue weighted by Gasteiger charge is 2.37. The van der Waals surface area contributed by atoms with Gasteiger partial charge in [-0.05, 0) is 56.6 Å². The van der Waals surface area contributed by atoms with Gasteiger partial charge < -0.3 is 9.32 Å². The summed E-state index contributed by atoms with van der Waals surface area (Å²) in [5.41, 5.74) is 0. The van der Waals surface area contributed by atoms with Crippen molar-refractivity contribution in [3.8, 4) is 0 Å². The molecule has 1 saturated carbocycles. The summed E-state index contributed by atoms with van der Waals surface area (Å²) in [4.78, 5) is 14.9. The van der Waals surface area contributed by atoms with Crippen molar-refractivity contribution in [1.82, 2.24) is 9.21 Å². The fraction of sp³-hybridized carbons (Fsp3) is 0.737. The Morgan fingerprint density at radius 3 is 2.46 bits per heavy atom. The molecule has 1 aromatic rings. The maximum absolute atomic E-state index is 13.0. The van der Waals surface area contributed by atoms with E-state index in [1.807, 2.05) is 4.90 Å². The standard InChI is InChI=1S/C19H28N2O4S/c22-19(21-14-6-8-15-7-2-3-9-16(15)21)17-10-11-18(25-17)26(23,24)20-12-4-1-5-13-20/h10-11,15-16H,1-9,12-14H2/t15-,16+/m1/s1. The van der Waals surface area contributed by atoms with Crippen LogP contribution in [0.2, 0.25) is 0 Å². The Hall–Kier alpha value is -1.34. The number of amides is 1. The van der Waals surface area contributed by atoms with Crippen LogP contribution in [0.15, 0.2) is 21.6 Å². The van der Waals surface area contributed by atoms with Gasteiger partial charge in [-0.2, -0.15) is 4.31 Å². The molecule has 26 heavy (non-hydrogen) atoms. The molecule has 144 valence electrons. The van der Waals surface area contributed by atoms with Crippen LogP contribution in [0.3, 0.4) is 0 Å². The summed E-state index contributed by atoms with van der Waals surface area (Å²) >= 11 is 0. The number of rotatable bonds is 3. The number of hydrogen-bond donors (Lipinski definition) is 0. The van der Waals surface area contributed by atoms with Gasteiger partial charge in [0, 0.05) is 25.7 Å². The average Bonchev–Trinajstić information content (AvgIpc) is 3.19. The molecule has 0 bridgehead atoms. The summed E-state index contributed by atoms with van der Waals surface area (Å²) in [6.45, 7) is 1.80. The summed E-state index contributed by atoms with van der Waals surface area (Å²) < 4.78 is 32.5. The van der Waals surface area contributed by atoms with Crippen molar-refractivity contribution >= 4 is 15.9 Å². The van der Waals surface area contributed by atoms with Gasteiger partial charge in [0.25, 0.3) is 15.9 Å². The van der Waals surface area contributed by atoms with E-state index in [1.165, 1.54) is 35.7 Å². The second kappa shape index (κ2) is 7.35. The topological polar surface area (TPSA) is 70.8 Å². The average molecular weight is 381 g/mol. The molecule has 4 rings (SSSR count). The van der Waals surface area contributed by atoms with Gasteiger partial charge in [-0.15, -0.1) is 0 Å². The quantitative estimate of drug-likeness (QED) is 0.807. The molecule has 0 radical (unpaired) electrons. The number of hydrogen-bond acceptors (Lipinski definition) is 4. The van der Waals surface area contributed by atoms with Crippen LogP contribution in [0.5, 0.6) is 0 Å². The minimum atomic E-state index is -3.63. The number of likely N-dealkylation sites (tertiary alicyclic amines) is 1. The van der Waals surface area contributed by atoms with Crippen LogP contribution in [-0.4, -0.2) is 49.2 Å². The van der Waals surface area contributed by atoms with Gasteiger partial charge in [0.15, 0.2) is 5.76 Å². The van der Waals surface area contributed by atoms with Gasteiger partial charge in [-0.25, -0.2) is 8.42 Å². The largest absolute Gasteiger partial charge is 0.438 e. The summed E-state index contributed by atoms with van der Waals surface area (Å²) in [6.07, 6.45) is 9.70. The lowest BCUT2D eigenvalue weighted by molar-refractivity contribution is 0.0357. The maximum Gasteiger partial charge on any atom is 0.289 e. The lowest BCUT2D eigenvalue weighted by Crippen LogP contribution is -2.49. The number of carbonyl (C=O) groups is 1. The monoisotopic (exact) mass is 380 g/mol. The Morgan fingerprint density at radius 2 is 1.65 bits per heavy atom. The first kappa shape index (κ1) is 18.0. The summed E-state index contributed by atoms with van der Waals surface area (Å²) in [6, 6.07) is 3.27. The summed E-state index contributed by atoms with van der Waals surface area (Å²) in [5.74, 6) is 0.599. The molecule has 3 fully saturated rings. The molecule has 7 heteroatoms. The molecule has 2 atom stereocenters. The van der Waals surface area contributed by atoms with Crippen LogP contribution < -0.4 is 0 Å². The first-order chi connectivity index (χ1) is 12.6. The molecule has 0 N–H and O–H groups in total. The zero-order valence-corrected chi connectivity index (χ0v) is 16.0. The van der Waals surface area contributed by atoms with Gasteiger partial charge in [-0.1, -0.05) is 19.3 Å². The number of carbonyl (C=O) groups excluding carboxylic acids is 1. The van der Waals surface area contributed by atoms with E-state index in [2.05, 4.69) is 0 Å². The first-order valence-corrected chi connectivity index (χ1v) is 11.4. The predicted octanol–water partition coefficient (Wildman–Crippen LogP) is 3.25. The Bertz CT molecular complexity index is 749. The number of piperidine rings is 2. The van der Waals surface area contributed by atoms with E-state index in [-0.39, 0.29) is 22.8 Å². The van der Waals surface area contributed by atoms with Crippen LogP contribution in [0, 0.1) is 5.92 Å². The molecule has 1 aliphatic carbocycles. The molecule has 3 heterocycles. The minimum absolute atomic E-state index is 0.0973. The van der Waals surface area contributed by atoms with Gasteiger partial charge >= 0.3 is 0 Å². The summed E-state index contributed by atoms with van der Waals surface area (Å²) in [5, 5.41) is -0.0973. The zero-order valence-electron chi connectivity index (χ0n) is 15.2. The number of furan rings is 1. The SMILES string of the molecule is O=C(c1ccc(S(=O)(=O)N2CCCCC2)o1)N1CCC[C@H]2CCCC[C@@H]21. The van der Waals surface area contributed by atoms with Crippen LogP contribution in [0.4, 0.5) is 0 Å². The highest BCUT2D eigenvalue weighted by molar-refractivity contribution is 7.89. The molecule has 2 aliphatic heterocycles. The number of fused-ring (bicyclic) bond motifs is 1. The molecule has 1 amide bonds. The molecule has 3 aliphatic rings. The maximum atomic E-state index is 13.0. The van der Waals surface area contributed by atoms with Crippen molar-refractivity contribution in [2.75, 3.05) is 19.6 Å². The van der Waals surface area contributed by atoms with E-state index >= 15 is 0 Å². The number of sulfonamides is 1. The summed E-state index contributed by atoms with van der Waals surface area (Å²) in [7, 11) is -3.63. The van der Waals surface area contributed by atoms with Gasteiger partial charge in [0.2, 0.25) is 5.09 Å². The predicted molar refractivity (Wildman–Crippen MR) is 97.3 cm³/mol. The lowest BCUT2D eigenvalue weighted by atomic mass is 9.78. The smallest absolute Gasteiger partial charge is 0.289 e. The van der Waals surface area contributed by atoms with E-state index in [0.29, 0.717) is 19.0 Å². The van der Waals surface area contributed by atoms with Gasteiger partial charge in [-0.3, -0.25) is 4.79 Å². The van der Waals surface area contributed by atoms with E-state index < -0.39 is 10.0 Å². The van der Waals surface area contributed by atoms with Crippen molar-refractivity contribution in [3.63, 3.8) is 0 Å². The molecule has 6 nitrogen and oxygen atoms in total. The second-order valence-corrected chi connectivity index (χ2v) is 9.70. The molecule has 1 aromatic heterocycles. The van der Waals surface area contributed by atoms with E-state index in [9.17, 15) is 13.2 Å². The molecular weight excluding hydrogens is 352 g/mol. The third-order valence-electron chi connectivity index (χ3n) is 6.21. The molecule has 0 aromatic carbocycles. The highest BCUT2D eigenvalue weighted by Crippen LogP contribution is 2.36. The Kier molecular flexibility index (Phi) is 5.10. The highest BCUT2D eigenvalue weighted by atomic mass is 32.2. The minimum Gasteiger partial charge on any atom is -0.438 e. The van der Waals surface area contributed by atoms with Gasteiger partial charge in [0.05, 0.1) is 0 Å². The molecule has 2 saturated heterocycles. The Labute approximate surface area is 155 Å². The van der Waals surface area contributed by atoms with Crippen LogP contribution >= 0.6 is 0 Å². The Balaban J connectivity index is 1.52. The number of nitrogens with zero attached hydrogens (tertiary/aromatic N) is 2. The van der Waals surface area contributed by atoms with Crippen molar-refractivity contribution in [1.29, 1.82) is 0 Å². The Morgan fingerprint density at radius 1 is 0.923 bits per heavy atom. The first-order valence-electron chi connectivity index (χ1n) is 9.98. The van der Waals surface area contributed by atoms with Crippen molar-refractivity contribution in [2.24, 2.45) is 5.92 Å². The lowest BCUT2D eigenvalue weighted by Gasteiger charge is -2.43. The molecule has 0 unspecified atom stereocenters. The van der Waals surface area contributed by atoms with Gasteiger partial charge in [0.1, 0.15) is 0 Å². The third kappa shape index (κ3) is 3.31. The molecular formula is C19H28N2O4S. The second-order valence-electron chi connectivity index (χ2n) is 7.84. The van der Waals surface area contributed by atoms with Crippen molar-refractivity contribution in [3.05, 3.63) is 17.9 Å². The van der Waals surface area contributed by atoms with Crippen LogP contribution in [0.1, 0.15) is 68.3 Å². The van der Waals surface area contributed by atoms with E-state index in [0.717, 1.165) is 45.1 Å². The fourth-order valence-electron chi connectivity index (χ4n) is 4.82. The third-order valence-corrected chi connectivity index (χ3v) is 7.98. The van der Waals surface area contributed by atoms with Crippen LogP contribution in [0.25, 0.3) is 0 Å². The normalized spacial score (nSPS) is 27.9. The zero-order chi connectivity index (χ0) is 18.1. The fourth-order valence-corrected chi connectivity index (χ4v) is 6.25. The van der Waals surface area contributed by atoms with Crippen LogP contribution in [-0.2, 0) is 10.0 Å². The molecule has 0 spiro atoms. The van der Waals surface area contributed by atoms with E-state index in [4.69, 9.17) is 4.42 Å². The van der Waals surface area contributed by atoms with E-state index in [1.54, 1.807) is 0 Å². The van der Waals surface area contributed by atoms with Crippen molar-refractivity contribution < 1.29 is 17.6 Å². The van der Waals surface area contributed by atoms with Crippen molar-refractivity contribution in [2.45, 2.75) is 68.9 Å².